The van der Waals surface area contributed by atoms with Crippen LogP contribution < -0.4 is 0 Å². The lowest BCUT2D eigenvalue weighted by atomic mass is 10.0. The molecule has 2 heteroatoms. The van der Waals surface area contributed by atoms with E-state index in [2.05, 4.69) is 51.1 Å². The van der Waals surface area contributed by atoms with Crippen LogP contribution in [0.1, 0.15) is 123 Å². The predicted octanol–water partition coefficient (Wildman–Crippen LogP) is 9.12. The Labute approximate surface area is 194 Å². The largest absolute Gasteiger partial charge is 0.379 e. The summed E-state index contributed by atoms with van der Waals surface area (Å²) in [7, 11) is 0. The summed E-state index contributed by atoms with van der Waals surface area (Å²) in [6, 6.07) is 10.4. The van der Waals surface area contributed by atoms with Crippen LogP contribution in [0.25, 0.3) is 0 Å². The van der Waals surface area contributed by atoms with Gasteiger partial charge in [0.2, 0.25) is 0 Å². The zero-order valence-corrected chi connectivity index (χ0v) is 21.1. The molecule has 1 rings (SSSR count). The van der Waals surface area contributed by atoms with Crippen LogP contribution in [0.2, 0.25) is 0 Å². The monoisotopic (exact) mass is 432 g/mol. The fraction of sp³-hybridized carbons (Fsp3) is 0.793. The molecule has 0 radical (unpaired) electrons. The van der Waals surface area contributed by atoms with Crippen molar-refractivity contribution >= 4 is 0 Å². The Morgan fingerprint density at radius 1 is 0.677 bits per heavy atom. The maximum Gasteiger partial charge on any atom is 0.0815 e. The molecule has 0 aliphatic rings. The molecule has 0 aliphatic carbocycles. The van der Waals surface area contributed by atoms with Crippen molar-refractivity contribution in [3.8, 4) is 0 Å². The normalized spacial score (nSPS) is 12.5. The van der Waals surface area contributed by atoms with E-state index in [9.17, 15) is 0 Å². The van der Waals surface area contributed by atoms with Crippen molar-refractivity contribution in [2.75, 3.05) is 13.2 Å². The van der Waals surface area contributed by atoms with Gasteiger partial charge in [-0.05, 0) is 24.3 Å². The number of benzene rings is 1. The minimum absolute atomic E-state index is 0.201. The fourth-order valence-corrected chi connectivity index (χ4v) is 4.11. The average Bonchev–Trinajstić information content (AvgIpc) is 2.77. The van der Waals surface area contributed by atoms with E-state index in [0.29, 0.717) is 12.5 Å². The summed E-state index contributed by atoms with van der Waals surface area (Å²) in [6.45, 7) is 9.09. The van der Waals surface area contributed by atoms with Crippen LogP contribution in [-0.4, -0.2) is 19.3 Å². The van der Waals surface area contributed by atoms with Gasteiger partial charge in [0.05, 0.1) is 19.3 Å². The van der Waals surface area contributed by atoms with E-state index < -0.39 is 0 Å². The molecule has 0 N–H and O–H groups in total. The third kappa shape index (κ3) is 18.4. The van der Waals surface area contributed by atoms with Gasteiger partial charge >= 0.3 is 0 Å². The first kappa shape index (κ1) is 28.2. The molecule has 0 fully saturated rings. The van der Waals surface area contributed by atoms with Crippen molar-refractivity contribution in [2.24, 2.45) is 5.92 Å². The predicted molar refractivity (Wildman–Crippen MR) is 136 cm³/mol. The van der Waals surface area contributed by atoms with Gasteiger partial charge in [0, 0.05) is 6.61 Å². The first-order chi connectivity index (χ1) is 15.2. The minimum Gasteiger partial charge on any atom is -0.379 e. The zero-order valence-electron chi connectivity index (χ0n) is 21.1. The van der Waals surface area contributed by atoms with Crippen LogP contribution in [0.4, 0.5) is 0 Å². The third-order valence-electron chi connectivity index (χ3n) is 6.01. The molecule has 31 heavy (non-hydrogen) atoms. The first-order valence-corrected chi connectivity index (χ1v) is 13.5. The molecule has 180 valence electrons. The van der Waals surface area contributed by atoms with Crippen molar-refractivity contribution in [1.82, 2.24) is 0 Å². The maximum atomic E-state index is 6.14. The smallest absolute Gasteiger partial charge is 0.0815 e. The van der Waals surface area contributed by atoms with Gasteiger partial charge < -0.3 is 9.47 Å². The van der Waals surface area contributed by atoms with E-state index in [1.54, 1.807) is 0 Å². The highest BCUT2D eigenvalue weighted by atomic mass is 16.5. The van der Waals surface area contributed by atoms with Gasteiger partial charge in [-0.15, -0.1) is 0 Å². The summed E-state index contributed by atoms with van der Waals surface area (Å²) in [5.74, 6) is 0.630. The van der Waals surface area contributed by atoms with E-state index >= 15 is 0 Å². The van der Waals surface area contributed by atoms with Crippen LogP contribution in [0.5, 0.6) is 0 Å². The molecule has 1 aromatic carbocycles. The van der Waals surface area contributed by atoms with Crippen molar-refractivity contribution in [3.05, 3.63) is 35.9 Å². The highest BCUT2D eigenvalue weighted by molar-refractivity contribution is 5.13. The molecule has 1 unspecified atom stereocenters. The summed E-state index contributed by atoms with van der Waals surface area (Å²) in [5.41, 5.74) is 1.24. The lowest BCUT2D eigenvalue weighted by Crippen LogP contribution is -2.22. The SMILES string of the molecule is CCCCCCCCCCCCCCCCOCC(CC(C)C)OCc1ccccc1. The molecule has 0 heterocycles. The Morgan fingerprint density at radius 3 is 1.71 bits per heavy atom. The summed E-state index contributed by atoms with van der Waals surface area (Å²) in [4.78, 5) is 0. The molecule has 0 amide bonds. The first-order valence-electron chi connectivity index (χ1n) is 13.5. The molecule has 0 bridgehead atoms. The van der Waals surface area contributed by atoms with E-state index in [-0.39, 0.29) is 6.10 Å². The topological polar surface area (TPSA) is 18.5 Å². The second-order valence-corrected chi connectivity index (χ2v) is 9.72. The van der Waals surface area contributed by atoms with Gasteiger partial charge in [-0.25, -0.2) is 0 Å². The van der Waals surface area contributed by atoms with Crippen molar-refractivity contribution in [1.29, 1.82) is 0 Å². The highest BCUT2D eigenvalue weighted by Gasteiger charge is 2.12. The molecule has 0 aromatic heterocycles. The molecule has 2 nitrogen and oxygen atoms in total. The molecule has 1 aromatic rings. The summed E-state index contributed by atoms with van der Waals surface area (Å²) >= 11 is 0. The Hall–Kier alpha value is -0.860. The molecule has 0 saturated carbocycles. The van der Waals surface area contributed by atoms with Crippen LogP contribution in [0.3, 0.4) is 0 Å². The van der Waals surface area contributed by atoms with Crippen molar-refractivity contribution in [3.63, 3.8) is 0 Å². The van der Waals surface area contributed by atoms with Crippen molar-refractivity contribution < 1.29 is 9.47 Å². The van der Waals surface area contributed by atoms with E-state index in [4.69, 9.17) is 9.47 Å². The number of rotatable bonds is 22. The molecule has 1 atom stereocenters. The standard InChI is InChI=1S/C29H52O2/c1-4-5-6-7-8-9-10-11-12-13-14-15-16-20-23-30-26-29(24-27(2)3)31-25-28-21-18-17-19-22-28/h17-19,21-22,27,29H,4-16,20,23-26H2,1-3H3. The van der Waals surface area contributed by atoms with E-state index in [1.807, 2.05) is 0 Å². The van der Waals surface area contributed by atoms with Crippen LogP contribution >= 0.6 is 0 Å². The fourth-order valence-electron chi connectivity index (χ4n) is 4.11. The second kappa shape index (κ2) is 21.0. The van der Waals surface area contributed by atoms with Gasteiger partial charge in [0.15, 0.2) is 0 Å². The van der Waals surface area contributed by atoms with Gasteiger partial charge in [-0.2, -0.15) is 0 Å². The Morgan fingerprint density at radius 2 is 1.19 bits per heavy atom. The maximum absolute atomic E-state index is 6.14. The molecule has 0 aliphatic heterocycles. The zero-order chi connectivity index (χ0) is 22.4. The Kier molecular flexibility index (Phi) is 19.1. The van der Waals surface area contributed by atoms with E-state index in [0.717, 1.165) is 19.6 Å². The van der Waals surface area contributed by atoms with E-state index in [1.165, 1.54) is 95.5 Å². The van der Waals surface area contributed by atoms with Gasteiger partial charge in [-0.1, -0.05) is 135 Å². The van der Waals surface area contributed by atoms with Crippen molar-refractivity contribution in [2.45, 2.75) is 130 Å². The lowest BCUT2D eigenvalue weighted by Gasteiger charge is -2.20. The average molecular weight is 433 g/mol. The molecule has 0 spiro atoms. The van der Waals surface area contributed by atoms with Crippen LogP contribution in [0.15, 0.2) is 30.3 Å². The van der Waals surface area contributed by atoms with Gasteiger partial charge in [-0.3, -0.25) is 0 Å². The van der Waals surface area contributed by atoms with Gasteiger partial charge in [0.25, 0.3) is 0 Å². The van der Waals surface area contributed by atoms with Crippen LogP contribution in [0, 0.1) is 5.92 Å². The van der Waals surface area contributed by atoms with Crippen LogP contribution in [-0.2, 0) is 16.1 Å². The Balaban J connectivity index is 1.91. The second-order valence-electron chi connectivity index (χ2n) is 9.72. The third-order valence-corrected chi connectivity index (χ3v) is 6.01. The highest BCUT2D eigenvalue weighted by Crippen LogP contribution is 2.14. The summed E-state index contributed by atoms with van der Waals surface area (Å²) in [5, 5.41) is 0. The lowest BCUT2D eigenvalue weighted by molar-refractivity contribution is -0.0346. The summed E-state index contributed by atoms with van der Waals surface area (Å²) < 4.78 is 12.1. The molecular formula is C29H52O2. The molecule has 0 saturated heterocycles. The number of ether oxygens (including phenoxy) is 2. The number of unbranched alkanes of at least 4 members (excludes halogenated alkanes) is 13. The molecular weight excluding hydrogens is 380 g/mol. The van der Waals surface area contributed by atoms with Gasteiger partial charge in [0.1, 0.15) is 0 Å². The number of hydrogen-bond donors (Lipinski definition) is 0. The minimum atomic E-state index is 0.201. The Bertz CT molecular complexity index is 471. The quantitative estimate of drug-likeness (QED) is 0.170. The number of hydrogen-bond acceptors (Lipinski definition) is 2. The summed E-state index contributed by atoms with van der Waals surface area (Å²) in [6.07, 6.45) is 20.8.